The number of fused-ring (bicyclic) bond motifs is 1. The number of hydrogen-bond donors (Lipinski definition) is 4. The Labute approximate surface area is 191 Å². The van der Waals surface area contributed by atoms with Crippen LogP contribution in [0.3, 0.4) is 0 Å². The van der Waals surface area contributed by atoms with Crippen LogP contribution in [0.15, 0.2) is 23.2 Å². The molecule has 1 saturated heterocycles. The SMILES string of the molecule is Cc1ccc(NC2=N[C@H]3[C@@H](O)[C@H](O)C[C@H](C(=O)NCCN4CCOCC4)[C@H]3S2)cc1Cl. The number of aliphatic hydroxyl groups excluding tert-OH is 2. The lowest BCUT2D eigenvalue weighted by molar-refractivity contribution is -0.129. The van der Waals surface area contributed by atoms with E-state index in [1.54, 1.807) is 0 Å². The molecule has 0 spiro atoms. The Kier molecular flexibility index (Phi) is 7.40. The van der Waals surface area contributed by atoms with Gasteiger partial charge in [0, 0.05) is 42.1 Å². The van der Waals surface area contributed by atoms with Crippen molar-refractivity contribution in [3.8, 4) is 0 Å². The quantitative estimate of drug-likeness (QED) is 0.512. The van der Waals surface area contributed by atoms with E-state index in [1.165, 1.54) is 11.8 Å². The first kappa shape index (κ1) is 22.8. The monoisotopic (exact) mass is 468 g/mol. The summed E-state index contributed by atoms with van der Waals surface area (Å²) in [7, 11) is 0. The van der Waals surface area contributed by atoms with Gasteiger partial charge < -0.3 is 25.6 Å². The summed E-state index contributed by atoms with van der Waals surface area (Å²) in [6, 6.07) is 5.12. The summed E-state index contributed by atoms with van der Waals surface area (Å²) in [5, 5.41) is 28.1. The molecule has 0 unspecified atom stereocenters. The first-order chi connectivity index (χ1) is 14.9. The summed E-state index contributed by atoms with van der Waals surface area (Å²) >= 11 is 7.65. The van der Waals surface area contributed by atoms with Crippen molar-refractivity contribution >= 4 is 40.1 Å². The van der Waals surface area contributed by atoms with Crippen LogP contribution in [0, 0.1) is 12.8 Å². The molecule has 10 heteroatoms. The van der Waals surface area contributed by atoms with E-state index in [2.05, 4.69) is 20.5 Å². The summed E-state index contributed by atoms with van der Waals surface area (Å²) in [5.74, 6) is -0.528. The van der Waals surface area contributed by atoms with Crippen molar-refractivity contribution in [2.75, 3.05) is 44.7 Å². The zero-order valence-corrected chi connectivity index (χ0v) is 19.0. The molecule has 1 aromatic rings. The Morgan fingerprint density at radius 2 is 2.13 bits per heavy atom. The predicted molar refractivity (Wildman–Crippen MR) is 123 cm³/mol. The molecular weight excluding hydrogens is 440 g/mol. The number of carbonyl (C=O) groups excluding carboxylic acids is 1. The number of benzene rings is 1. The highest BCUT2D eigenvalue weighted by molar-refractivity contribution is 8.15. The summed E-state index contributed by atoms with van der Waals surface area (Å²) in [6.07, 6.45) is -1.75. The zero-order valence-electron chi connectivity index (χ0n) is 17.5. The molecule has 1 aromatic carbocycles. The largest absolute Gasteiger partial charge is 0.390 e. The van der Waals surface area contributed by atoms with Crippen molar-refractivity contribution in [3.63, 3.8) is 0 Å². The number of nitrogens with one attached hydrogen (secondary N) is 2. The maximum absolute atomic E-state index is 12.9. The third kappa shape index (κ3) is 5.35. The van der Waals surface area contributed by atoms with Gasteiger partial charge in [0.15, 0.2) is 5.17 Å². The number of carbonyl (C=O) groups is 1. The second-order valence-corrected chi connectivity index (χ2v) is 9.82. The highest BCUT2D eigenvalue weighted by Gasteiger charge is 2.50. The van der Waals surface area contributed by atoms with Crippen LogP contribution in [-0.2, 0) is 9.53 Å². The lowest BCUT2D eigenvalue weighted by Gasteiger charge is -2.37. The highest BCUT2D eigenvalue weighted by atomic mass is 35.5. The smallest absolute Gasteiger partial charge is 0.224 e. The molecule has 170 valence electrons. The second kappa shape index (κ2) is 10.1. The number of morpholine rings is 1. The van der Waals surface area contributed by atoms with Crippen molar-refractivity contribution in [2.45, 2.75) is 36.8 Å². The number of amides is 1. The lowest BCUT2D eigenvalue weighted by atomic mass is 9.81. The zero-order chi connectivity index (χ0) is 22.0. The van der Waals surface area contributed by atoms with Gasteiger partial charge in [-0.25, -0.2) is 0 Å². The number of amidine groups is 1. The van der Waals surface area contributed by atoms with Gasteiger partial charge in [0.25, 0.3) is 0 Å². The molecule has 8 nitrogen and oxygen atoms in total. The van der Waals surface area contributed by atoms with Crippen LogP contribution in [0.4, 0.5) is 5.69 Å². The molecule has 0 bridgehead atoms. The van der Waals surface area contributed by atoms with Crippen LogP contribution >= 0.6 is 23.4 Å². The first-order valence-electron chi connectivity index (χ1n) is 10.6. The van der Waals surface area contributed by atoms with Crippen molar-refractivity contribution in [3.05, 3.63) is 28.8 Å². The van der Waals surface area contributed by atoms with Gasteiger partial charge in [-0.3, -0.25) is 14.7 Å². The molecule has 1 saturated carbocycles. The summed E-state index contributed by atoms with van der Waals surface area (Å²) in [4.78, 5) is 19.8. The molecular formula is C21H29ClN4O4S. The maximum atomic E-state index is 12.9. The van der Waals surface area contributed by atoms with E-state index < -0.39 is 24.2 Å². The molecule has 2 aliphatic heterocycles. The average Bonchev–Trinajstić information content (AvgIpc) is 3.18. The third-order valence-electron chi connectivity index (χ3n) is 6.08. The van der Waals surface area contributed by atoms with Crippen molar-refractivity contribution < 1.29 is 19.7 Å². The fourth-order valence-corrected chi connectivity index (χ4v) is 5.75. The minimum Gasteiger partial charge on any atom is -0.390 e. The lowest BCUT2D eigenvalue weighted by Crippen LogP contribution is -2.54. The molecule has 2 fully saturated rings. The van der Waals surface area contributed by atoms with E-state index in [-0.39, 0.29) is 17.6 Å². The fraction of sp³-hybridized carbons (Fsp3) is 0.619. The number of rotatable bonds is 5. The Hall–Kier alpha value is -1.36. The fourth-order valence-electron chi connectivity index (χ4n) is 4.20. The minimum absolute atomic E-state index is 0.100. The molecule has 2 heterocycles. The molecule has 31 heavy (non-hydrogen) atoms. The van der Waals surface area contributed by atoms with E-state index in [0.29, 0.717) is 16.7 Å². The standard InChI is InChI=1S/C21H29ClN4O4S/c1-12-2-3-13(10-15(12)22)24-21-25-17-18(28)16(27)11-14(19(17)31-21)20(29)23-4-5-26-6-8-30-9-7-26/h2-3,10,14,16-19,27-28H,4-9,11H2,1H3,(H,23,29)(H,24,25)/t14-,16+,17-,18-,19+/m0/s1. The van der Waals surface area contributed by atoms with Crippen molar-refractivity contribution in [1.82, 2.24) is 10.2 Å². The molecule has 1 amide bonds. The number of anilines is 1. The van der Waals surface area contributed by atoms with E-state index in [1.807, 2.05) is 25.1 Å². The van der Waals surface area contributed by atoms with Crippen molar-refractivity contribution in [2.24, 2.45) is 10.9 Å². The topological polar surface area (TPSA) is 106 Å². The van der Waals surface area contributed by atoms with Gasteiger partial charge in [-0.2, -0.15) is 0 Å². The summed E-state index contributed by atoms with van der Waals surface area (Å²) < 4.78 is 5.35. The van der Waals surface area contributed by atoms with E-state index in [9.17, 15) is 15.0 Å². The Morgan fingerprint density at radius 1 is 1.35 bits per heavy atom. The predicted octanol–water partition coefficient (Wildman–Crippen LogP) is 1.09. The number of aryl methyl sites for hydroxylation is 1. The van der Waals surface area contributed by atoms with Gasteiger partial charge in [-0.05, 0) is 31.0 Å². The second-order valence-electron chi connectivity index (χ2n) is 8.24. The third-order valence-corrected chi connectivity index (χ3v) is 7.80. The number of ether oxygens (including phenoxy) is 1. The van der Waals surface area contributed by atoms with Crippen LogP contribution in [0.25, 0.3) is 0 Å². The number of aliphatic hydroxyl groups is 2. The van der Waals surface area contributed by atoms with Crippen LogP contribution < -0.4 is 10.6 Å². The van der Waals surface area contributed by atoms with E-state index >= 15 is 0 Å². The van der Waals surface area contributed by atoms with Gasteiger partial charge in [0.2, 0.25) is 5.91 Å². The Balaban J connectivity index is 1.37. The van der Waals surface area contributed by atoms with Gasteiger partial charge in [-0.1, -0.05) is 29.4 Å². The number of aliphatic imine (C=N–C) groups is 1. The first-order valence-corrected chi connectivity index (χ1v) is 11.9. The molecule has 3 aliphatic rings. The number of nitrogens with zero attached hydrogens (tertiary/aromatic N) is 2. The van der Waals surface area contributed by atoms with Gasteiger partial charge in [0.05, 0.1) is 31.3 Å². The van der Waals surface area contributed by atoms with Gasteiger partial charge >= 0.3 is 0 Å². The van der Waals surface area contributed by atoms with Crippen LogP contribution in [0.5, 0.6) is 0 Å². The van der Waals surface area contributed by atoms with E-state index in [4.69, 9.17) is 16.3 Å². The van der Waals surface area contributed by atoms with Crippen molar-refractivity contribution in [1.29, 1.82) is 0 Å². The van der Waals surface area contributed by atoms with Crippen LogP contribution in [0.2, 0.25) is 5.02 Å². The number of halogens is 1. The highest BCUT2D eigenvalue weighted by Crippen LogP contribution is 2.41. The number of thioether (sulfide) groups is 1. The molecule has 0 radical (unpaired) electrons. The minimum atomic E-state index is -0.990. The van der Waals surface area contributed by atoms with Gasteiger partial charge in [0.1, 0.15) is 6.10 Å². The molecule has 1 aliphatic carbocycles. The average molecular weight is 469 g/mol. The van der Waals surface area contributed by atoms with Gasteiger partial charge in [-0.15, -0.1) is 0 Å². The summed E-state index contributed by atoms with van der Waals surface area (Å²) in [5.41, 5.74) is 1.77. The summed E-state index contributed by atoms with van der Waals surface area (Å²) in [6.45, 7) is 6.44. The molecule has 5 atom stereocenters. The normalized spacial score (nSPS) is 31.1. The number of hydrogen-bond acceptors (Lipinski definition) is 8. The maximum Gasteiger partial charge on any atom is 0.224 e. The molecule has 0 aromatic heterocycles. The molecule has 4 N–H and O–H groups in total. The van der Waals surface area contributed by atoms with Crippen LogP contribution in [-0.4, -0.2) is 89.1 Å². The Bertz CT molecular complexity index is 836. The van der Waals surface area contributed by atoms with Crippen LogP contribution in [0.1, 0.15) is 12.0 Å². The Morgan fingerprint density at radius 3 is 2.87 bits per heavy atom. The van der Waals surface area contributed by atoms with E-state index in [0.717, 1.165) is 44.1 Å². The molecule has 4 rings (SSSR count).